The number of anilines is 1. The Bertz CT molecular complexity index is 513. The smallest absolute Gasteiger partial charge is 0.254 e. The summed E-state index contributed by atoms with van der Waals surface area (Å²) < 4.78 is 27.4. The fourth-order valence-electron chi connectivity index (χ4n) is 2.71. The Hall–Kier alpha value is -1.73. The van der Waals surface area contributed by atoms with Gasteiger partial charge < -0.3 is 15.2 Å². The number of nitrogens with two attached hydrogens (primary N) is 1. The van der Waals surface area contributed by atoms with Crippen molar-refractivity contribution in [2.75, 3.05) is 32.6 Å². The topological polar surface area (TPSA) is 61.6 Å². The van der Waals surface area contributed by atoms with Gasteiger partial charge in [0.25, 0.3) is 5.91 Å². The second-order valence-electron chi connectivity index (χ2n) is 5.52. The van der Waals surface area contributed by atoms with Crippen LogP contribution in [0.5, 0.6) is 0 Å². The van der Waals surface area contributed by atoms with E-state index in [1.165, 1.54) is 0 Å². The quantitative estimate of drug-likeness (QED) is 0.652. The first-order chi connectivity index (χ1) is 9.93. The molecular weight excluding hydrogens is 278 g/mol. The highest BCUT2D eigenvalue weighted by Gasteiger charge is 2.30. The molecule has 0 aromatic heterocycles. The summed E-state index contributed by atoms with van der Waals surface area (Å²) in [6, 6.07) is 2.11. The third-order valence-corrected chi connectivity index (χ3v) is 3.65. The van der Waals surface area contributed by atoms with Gasteiger partial charge in [-0.1, -0.05) is 0 Å². The van der Waals surface area contributed by atoms with Crippen molar-refractivity contribution in [1.29, 1.82) is 0 Å². The van der Waals surface area contributed by atoms with Crippen molar-refractivity contribution in [2.24, 2.45) is 5.84 Å². The minimum atomic E-state index is -0.871. The van der Waals surface area contributed by atoms with Crippen LogP contribution in [0.15, 0.2) is 12.1 Å². The number of benzene rings is 1. The predicted molar refractivity (Wildman–Crippen MR) is 76.8 cm³/mol. The van der Waals surface area contributed by atoms with E-state index in [9.17, 15) is 13.6 Å². The zero-order valence-corrected chi connectivity index (χ0v) is 12.2. The molecule has 21 heavy (non-hydrogen) atoms. The first-order valence-corrected chi connectivity index (χ1v) is 6.85. The van der Waals surface area contributed by atoms with Crippen molar-refractivity contribution in [2.45, 2.75) is 18.9 Å². The molecule has 5 nitrogen and oxygen atoms in total. The second kappa shape index (κ2) is 6.36. The summed E-state index contributed by atoms with van der Waals surface area (Å²) >= 11 is 0. The number of nitrogens with one attached hydrogen (secondary N) is 1. The first-order valence-electron chi connectivity index (χ1n) is 6.85. The average molecular weight is 298 g/mol. The van der Waals surface area contributed by atoms with Crippen LogP contribution in [-0.4, -0.2) is 48.9 Å². The van der Waals surface area contributed by atoms with Crippen LogP contribution in [-0.2, 0) is 0 Å². The van der Waals surface area contributed by atoms with Crippen LogP contribution in [0.25, 0.3) is 0 Å². The van der Waals surface area contributed by atoms with E-state index in [4.69, 9.17) is 5.84 Å². The highest BCUT2D eigenvalue weighted by molar-refractivity contribution is 5.95. The Morgan fingerprint density at radius 2 is 2.05 bits per heavy atom. The average Bonchev–Trinajstić information content (AvgIpc) is 2.84. The van der Waals surface area contributed by atoms with Gasteiger partial charge in [0.15, 0.2) is 11.6 Å². The highest BCUT2D eigenvalue weighted by Crippen LogP contribution is 2.24. The van der Waals surface area contributed by atoms with Crippen molar-refractivity contribution in [3.63, 3.8) is 0 Å². The molecule has 7 heteroatoms. The Morgan fingerprint density at radius 1 is 1.43 bits per heavy atom. The van der Waals surface area contributed by atoms with Crippen molar-refractivity contribution in [3.05, 3.63) is 29.3 Å². The predicted octanol–water partition coefficient (Wildman–Crippen LogP) is 1.42. The lowest BCUT2D eigenvalue weighted by Gasteiger charge is -2.27. The number of rotatable bonds is 4. The Balaban J connectivity index is 2.23. The molecule has 0 radical (unpaired) electrons. The van der Waals surface area contributed by atoms with Gasteiger partial charge in [0.05, 0.1) is 0 Å². The molecule has 1 atom stereocenters. The molecule has 1 heterocycles. The Labute approximate surface area is 122 Å². The van der Waals surface area contributed by atoms with Gasteiger partial charge in [-0.05, 0) is 39.1 Å². The van der Waals surface area contributed by atoms with Gasteiger partial charge in [-0.15, -0.1) is 0 Å². The van der Waals surface area contributed by atoms with Crippen molar-refractivity contribution >= 4 is 11.6 Å². The molecule has 0 bridgehead atoms. The minimum Gasteiger partial charge on any atom is -0.334 e. The SMILES string of the molecule is CN(C)CC1CCCN1C(=O)c1cc(F)c(NN)c(F)c1. The lowest BCUT2D eigenvalue weighted by molar-refractivity contribution is 0.0715. The van der Waals surface area contributed by atoms with Crippen LogP contribution in [0.4, 0.5) is 14.5 Å². The third kappa shape index (κ3) is 3.30. The fourth-order valence-corrected chi connectivity index (χ4v) is 2.71. The van der Waals surface area contributed by atoms with Crippen LogP contribution in [0, 0.1) is 11.6 Å². The number of nitrogen functional groups attached to an aromatic ring is 1. The molecule has 1 amide bonds. The molecule has 1 aliphatic rings. The lowest BCUT2D eigenvalue weighted by Crippen LogP contribution is -2.41. The van der Waals surface area contributed by atoms with Gasteiger partial charge in [0, 0.05) is 24.7 Å². The van der Waals surface area contributed by atoms with Crippen LogP contribution in [0.1, 0.15) is 23.2 Å². The number of likely N-dealkylation sites (N-methyl/N-ethyl adjacent to an activating group) is 1. The van der Waals surface area contributed by atoms with Crippen molar-refractivity contribution < 1.29 is 13.6 Å². The maximum atomic E-state index is 13.7. The van der Waals surface area contributed by atoms with Gasteiger partial charge in [-0.25, -0.2) is 8.78 Å². The molecule has 116 valence electrons. The molecule has 3 N–H and O–H groups in total. The highest BCUT2D eigenvalue weighted by atomic mass is 19.1. The molecule has 1 fully saturated rings. The molecule has 1 saturated heterocycles. The molecule has 0 aliphatic carbocycles. The van der Waals surface area contributed by atoms with Gasteiger partial charge >= 0.3 is 0 Å². The van der Waals surface area contributed by atoms with Crippen LogP contribution in [0.3, 0.4) is 0 Å². The maximum Gasteiger partial charge on any atom is 0.254 e. The van der Waals surface area contributed by atoms with Crippen LogP contribution < -0.4 is 11.3 Å². The zero-order valence-electron chi connectivity index (χ0n) is 12.2. The van der Waals surface area contributed by atoms with E-state index in [2.05, 4.69) is 0 Å². The minimum absolute atomic E-state index is 0.00894. The first kappa shape index (κ1) is 15.7. The summed E-state index contributed by atoms with van der Waals surface area (Å²) in [4.78, 5) is 16.1. The normalized spacial score (nSPS) is 18.4. The fraction of sp³-hybridized carbons (Fsp3) is 0.500. The van der Waals surface area contributed by atoms with Gasteiger partial charge in [0.1, 0.15) is 5.69 Å². The monoisotopic (exact) mass is 298 g/mol. The van der Waals surface area contributed by atoms with Gasteiger partial charge in [0.2, 0.25) is 0 Å². The number of carbonyl (C=O) groups is 1. The number of carbonyl (C=O) groups excluding carboxylic acids is 1. The number of amides is 1. The van der Waals surface area contributed by atoms with Crippen molar-refractivity contribution in [3.8, 4) is 0 Å². The van der Waals surface area contributed by atoms with E-state index in [0.29, 0.717) is 6.54 Å². The van der Waals surface area contributed by atoms with Crippen LogP contribution in [0.2, 0.25) is 0 Å². The number of nitrogens with zero attached hydrogens (tertiary/aromatic N) is 2. The number of likely N-dealkylation sites (tertiary alicyclic amines) is 1. The Morgan fingerprint density at radius 3 is 2.57 bits per heavy atom. The largest absolute Gasteiger partial charge is 0.334 e. The van der Waals surface area contributed by atoms with E-state index in [1.54, 1.807) is 4.90 Å². The van der Waals surface area contributed by atoms with E-state index < -0.39 is 17.3 Å². The molecule has 1 aliphatic heterocycles. The van der Waals surface area contributed by atoms with Gasteiger partial charge in [-0.2, -0.15) is 0 Å². The summed E-state index contributed by atoms with van der Waals surface area (Å²) in [7, 11) is 3.87. The molecule has 0 spiro atoms. The summed E-state index contributed by atoms with van der Waals surface area (Å²) in [5, 5.41) is 0. The van der Waals surface area contributed by atoms with Crippen molar-refractivity contribution in [1.82, 2.24) is 9.80 Å². The maximum absolute atomic E-state index is 13.7. The molecule has 1 aromatic rings. The number of hydrazine groups is 1. The van der Waals surface area contributed by atoms with E-state index >= 15 is 0 Å². The molecule has 1 unspecified atom stereocenters. The Kier molecular flexibility index (Phi) is 4.74. The summed E-state index contributed by atoms with van der Waals surface area (Å²) in [6.45, 7) is 1.34. The second-order valence-corrected chi connectivity index (χ2v) is 5.52. The molecule has 0 saturated carbocycles. The molecule has 1 aromatic carbocycles. The van der Waals surface area contributed by atoms with Crippen LogP contribution >= 0.6 is 0 Å². The van der Waals surface area contributed by atoms with E-state index in [1.807, 2.05) is 24.4 Å². The van der Waals surface area contributed by atoms with E-state index in [0.717, 1.165) is 31.5 Å². The number of hydrogen-bond donors (Lipinski definition) is 2. The summed E-state index contributed by atoms with van der Waals surface area (Å²) in [5.74, 6) is 2.96. The standard InChI is InChI=1S/C14H20F2N4O/c1-19(2)8-10-4-3-5-20(10)14(21)9-6-11(15)13(18-17)12(16)7-9/h6-7,10,18H,3-5,8,17H2,1-2H3. The van der Waals surface area contributed by atoms with E-state index in [-0.39, 0.29) is 17.5 Å². The zero-order chi connectivity index (χ0) is 15.6. The molecular formula is C14H20F2N4O. The number of hydrogen-bond acceptors (Lipinski definition) is 4. The van der Waals surface area contributed by atoms with Gasteiger partial charge in [-0.3, -0.25) is 10.6 Å². The molecule has 2 rings (SSSR count). The summed E-state index contributed by atoms with van der Waals surface area (Å²) in [6.07, 6.45) is 1.80. The third-order valence-electron chi connectivity index (χ3n) is 3.65. The number of halogens is 2. The summed E-state index contributed by atoms with van der Waals surface area (Å²) in [5.41, 5.74) is 1.53. The lowest BCUT2D eigenvalue weighted by atomic mass is 10.1.